The number of anilines is 1. The quantitative estimate of drug-likeness (QED) is 0.821. The van der Waals surface area contributed by atoms with E-state index in [-0.39, 0.29) is 0 Å². The predicted molar refractivity (Wildman–Crippen MR) is 88.6 cm³/mol. The van der Waals surface area contributed by atoms with Crippen LogP contribution in [0.4, 0.5) is 5.69 Å². The number of rotatable bonds is 6. The third-order valence-corrected chi connectivity index (χ3v) is 3.59. The summed E-state index contributed by atoms with van der Waals surface area (Å²) >= 11 is 6.21. The lowest BCUT2D eigenvalue weighted by atomic mass is 10.1. The van der Waals surface area contributed by atoms with E-state index in [0.717, 1.165) is 40.7 Å². The third kappa shape index (κ3) is 4.38. The van der Waals surface area contributed by atoms with Crippen molar-refractivity contribution < 1.29 is 4.74 Å². The summed E-state index contributed by atoms with van der Waals surface area (Å²) in [5.74, 6) is 0.887. The summed E-state index contributed by atoms with van der Waals surface area (Å²) in [4.78, 5) is 2.19. The topological polar surface area (TPSA) is 38.5 Å². The molecule has 2 aromatic carbocycles. The van der Waals surface area contributed by atoms with E-state index in [4.69, 9.17) is 22.1 Å². The molecule has 2 N–H and O–H groups in total. The number of benzene rings is 2. The standard InChI is InChI=1S/C17H21ClN2O/c1-3-21-17-9-8-15(19)10-14(17)12-20(2)11-13-6-4-5-7-16(13)18/h4-10H,3,11-12,19H2,1-2H3. The zero-order chi connectivity index (χ0) is 15.2. The monoisotopic (exact) mass is 304 g/mol. The van der Waals surface area contributed by atoms with Crippen LogP contribution < -0.4 is 10.5 Å². The maximum Gasteiger partial charge on any atom is 0.123 e. The Morgan fingerprint density at radius 3 is 2.52 bits per heavy atom. The van der Waals surface area contributed by atoms with Gasteiger partial charge in [0.15, 0.2) is 0 Å². The number of hydrogen-bond donors (Lipinski definition) is 1. The molecule has 0 unspecified atom stereocenters. The molecule has 0 aromatic heterocycles. The molecule has 2 rings (SSSR count). The van der Waals surface area contributed by atoms with Gasteiger partial charge in [-0.1, -0.05) is 29.8 Å². The van der Waals surface area contributed by atoms with Crippen LogP contribution in [0.25, 0.3) is 0 Å². The normalized spacial score (nSPS) is 10.9. The summed E-state index contributed by atoms with van der Waals surface area (Å²) in [6.07, 6.45) is 0. The largest absolute Gasteiger partial charge is 0.494 e. The number of nitrogens with zero attached hydrogens (tertiary/aromatic N) is 1. The summed E-state index contributed by atoms with van der Waals surface area (Å²) in [5, 5.41) is 0.793. The second-order valence-electron chi connectivity index (χ2n) is 5.06. The zero-order valence-electron chi connectivity index (χ0n) is 12.5. The minimum Gasteiger partial charge on any atom is -0.494 e. The van der Waals surface area contributed by atoms with Gasteiger partial charge >= 0.3 is 0 Å². The van der Waals surface area contributed by atoms with Gasteiger partial charge in [0.05, 0.1) is 6.61 Å². The van der Waals surface area contributed by atoms with Crippen molar-refractivity contribution in [1.29, 1.82) is 0 Å². The van der Waals surface area contributed by atoms with E-state index in [1.54, 1.807) is 0 Å². The average molecular weight is 305 g/mol. The molecule has 0 saturated heterocycles. The second-order valence-corrected chi connectivity index (χ2v) is 5.47. The average Bonchev–Trinajstić information content (AvgIpc) is 2.44. The minimum atomic E-state index is 0.644. The van der Waals surface area contributed by atoms with Gasteiger partial charge in [0, 0.05) is 29.4 Å². The number of nitrogens with two attached hydrogens (primary N) is 1. The lowest BCUT2D eigenvalue weighted by Crippen LogP contribution is -2.18. The van der Waals surface area contributed by atoms with Crippen molar-refractivity contribution in [2.45, 2.75) is 20.0 Å². The smallest absolute Gasteiger partial charge is 0.123 e. The summed E-state index contributed by atoms with van der Waals surface area (Å²) in [7, 11) is 2.06. The van der Waals surface area contributed by atoms with Gasteiger partial charge in [0.1, 0.15) is 5.75 Å². The van der Waals surface area contributed by atoms with Crippen LogP contribution in [0.5, 0.6) is 5.75 Å². The van der Waals surface area contributed by atoms with Crippen LogP contribution in [0, 0.1) is 0 Å². The van der Waals surface area contributed by atoms with Gasteiger partial charge in [-0.25, -0.2) is 0 Å². The van der Waals surface area contributed by atoms with E-state index in [0.29, 0.717) is 6.61 Å². The first-order valence-electron chi connectivity index (χ1n) is 7.03. The molecule has 3 nitrogen and oxygen atoms in total. The fourth-order valence-electron chi connectivity index (χ4n) is 2.28. The van der Waals surface area contributed by atoms with E-state index in [2.05, 4.69) is 11.9 Å². The number of ether oxygens (including phenoxy) is 1. The predicted octanol–water partition coefficient (Wildman–Crippen LogP) is 3.95. The molecule has 21 heavy (non-hydrogen) atoms. The van der Waals surface area contributed by atoms with Gasteiger partial charge in [-0.2, -0.15) is 0 Å². The summed E-state index contributed by atoms with van der Waals surface area (Å²) in [5.41, 5.74) is 8.83. The Hall–Kier alpha value is -1.71. The molecule has 112 valence electrons. The Balaban J connectivity index is 2.10. The summed E-state index contributed by atoms with van der Waals surface area (Å²) < 4.78 is 5.66. The first-order chi connectivity index (χ1) is 10.1. The first kappa shape index (κ1) is 15.7. The highest BCUT2D eigenvalue weighted by atomic mass is 35.5. The SMILES string of the molecule is CCOc1ccc(N)cc1CN(C)Cc1ccccc1Cl. The Bertz CT molecular complexity index is 601. The fraction of sp³-hybridized carbons (Fsp3) is 0.294. The highest BCUT2D eigenvalue weighted by Crippen LogP contribution is 2.24. The minimum absolute atomic E-state index is 0.644. The highest BCUT2D eigenvalue weighted by molar-refractivity contribution is 6.31. The molecular weight excluding hydrogens is 284 g/mol. The lowest BCUT2D eigenvalue weighted by Gasteiger charge is -2.20. The highest BCUT2D eigenvalue weighted by Gasteiger charge is 2.09. The lowest BCUT2D eigenvalue weighted by molar-refractivity contribution is 0.298. The van der Waals surface area contributed by atoms with Crippen molar-refractivity contribution in [2.24, 2.45) is 0 Å². The van der Waals surface area contributed by atoms with Crippen LogP contribution in [0.3, 0.4) is 0 Å². The van der Waals surface area contributed by atoms with Crippen LogP contribution in [0.15, 0.2) is 42.5 Å². The van der Waals surface area contributed by atoms with Gasteiger partial charge in [-0.15, -0.1) is 0 Å². The molecule has 0 atom stereocenters. The van der Waals surface area contributed by atoms with E-state index < -0.39 is 0 Å². The van der Waals surface area contributed by atoms with Crippen LogP contribution in [0.2, 0.25) is 5.02 Å². The van der Waals surface area contributed by atoms with Gasteiger partial charge in [0.2, 0.25) is 0 Å². The van der Waals surface area contributed by atoms with Crippen molar-refractivity contribution in [1.82, 2.24) is 4.90 Å². The Morgan fingerprint density at radius 1 is 1.10 bits per heavy atom. The summed E-state index contributed by atoms with van der Waals surface area (Å²) in [6.45, 7) is 4.16. The molecule has 0 amide bonds. The number of halogens is 1. The van der Waals surface area contributed by atoms with Crippen molar-refractivity contribution in [2.75, 3.05) is 19.4 Å². The van der Waals surface area contributed by atoms with Crippen LogP contribution >= 0.6 is 11.6 Å². The van der Waals surface area contributed by atoms with Gasteiger partial charge in [-0.05, 0) is 43.8 Å². The molecule has 4 heteroatoms. The molecule has 0 radical (unpaired) electrons. The molecule has 0 heterocycles. The van der Waals surface area contributed by atoms with Crippen LogP contribution in [-0.4, -0.2) is 18.6 Å². The van der Waals surface area contributed by atoms with Crippen molar-refractivity contribution in [3.8, 4) is 5.75 Å². The van der Waals surface area contributed by atoms with Crippen molar-refractivity contribution in [3.05, 3.63) is 58.6 Å². The second kappa shape index (κ2) is 7.34. The molecule has 0 aliphatic rings. The third-order valence-electron chi connectivity index (χ3n) is 3.22. The molecule has 0 bridgehead atoms. The first-order valence-corrected chi connectivity index (χ1v) is 7.41. The molecule has 0 spiro atoms. The molecular formula is C17H21ClN2O. The number of hydrogen-bond acceptors (Lipinski definition) is 3. The van der Waals surface area contributed by atoms with E-state index in [1.807, 2.05) is 49.4 Å². The Morgan fingerprint density at radius 2 is 1.81 bits per heavy atom. The van der Waals surface area contributed by atoms with Crippen molar-refractivity contribution >= 4 is 17.3 Å². The maximum atomic E-state index is 6.21. The summed E-state index contributed by atoms with van der Waals surface area (Å²) in [6, 6.07) is 13.7. The van der Waals surface area contributed by atoms with Crippen molar-refractivity contribution in [3.63, 3.8) is 0 Å². The van der Waals surface area contributed by atoms with Gasteiger partial charge < -0.3 is 10.5 Å². The maximum absolute atomic E-state index is 6.21. The van der Waals surface area contributed by atoms with E-state index in [9.17, 15) is 0 Å². The van der Waals surface area contributed by atoms with E-state index >= 15 is 0 Å². The molecule has 0 saturated carbocycles. The van der Waals surface area contributed by atoms with Crippen LogP contribution in [0.1, 0.15) is 18.1 Å². The zero-order valence-corrected chi connectivity index (χ0v) is 13.2. The van der Waals surface area contributed by atoms with E-state index in [1.165, 1.54) is 0 Å². The Kier molecular flexibility index (Phi) is 5.48. The van der Waals surface area contributed by atoms with Gasteiger partial charge in [0.25, 0.3) is 0 Å². The molecule has 0 fully saturated rings. The van der Waals surface area contributed by atoms with Gasteiger partial charge in [-0.3, -0.25) is 4.90 Å². The molecule has 0 aliphatic carbocycles. The van der Waals surface area contributed by atoms with Crippen LogP contribution in [-0.2, 0) is 13.1 Å². The number of nitrogen functional groups attached to an aromatic ring is 1. The Labute approximate surface area is 131 Å². The fourth-order valence-corrected chi connectivity index (χ4v) is 2.48. The molecule has 0 aliphatic heterocycles. The molecule has 2 aromatic rings.